The number of hydrogen-bond acceptors (Lipinski definition) is 4. The number of anilines is 2. The second-order valence-corrected chi connectivity index (χ2v) is 5.40. The molecule has 0 aliphatic heterocycles. The highest BCUT2D eigenvalue weighted by molar-refractivity contribution is 6.30. The molecule has 0 fully saturated rings. The van der Waals surface area contributed by atoms with Crippen LogP contribution in [0.3, 0.4) is 0 Å². The number of halogens is 1. The summed E-state index contributed by atoms with van der Waals surface area (Å²) in [7, 11) is 0. The molecule has 0 bridgehead atoms. The molecule has 2 aromatic heterocycles. The van der Waals surface area contributed by atoms with Crippen LogP contribution in [-0.2, 0) is 0 Å². The highest BCUT2D eigenvalue weighted by Crippen LogP contribution is 2.21. The van der Waals surface area contributed by atoms with Crippen LogP contribution in [0.2, 0.25) is 5.02 Å². The smallest absolute Gasteiger partial charge is 0.335 e. The Hall–Kier alpha value is -3.06. The largest absolute Gasteiger partial charge is 0.478 e. The van der Waals surface area contributed by atoms with E-state index in [0.717, 1.165) is 11.2 Å². The van der Waals surface area contributed by atoms with E-state index in [0.29, 0.717) is 22.3 Å². The van der Waals surface area contributed by atoms with Crippen LogP contribution in [0.25, 0.3) is 16.8 Å². The number of aromatic amines is 1. The molecule has 0 radical (unpaired) electrons. The maximum absolute atomic E-state index is 11.0. The van der Waals surface area contributed by atoms with Crippen LogP contribution in [0.4, 0.5) is 11.6 Å². The summed E-state index contributed by atoms with van der Waals surface area (Å²) in [4.78, 5) is 19.7. The SMILES string of the molecule is O=C(O)c1ccc2c(c1)nc1nc(Nc3ccc(Cl)cc3)[nH]n12. The third-order valence-corrected chi connectivity index (χ3v) is 3.67. The lowest BCUT2D eigenvalue weighted by Crippen LogP contribution is -1.96. The molecule has 4 rings (SSSR count). The number of fused-ring (bicyclic) bond motifs is 3. The van der Waals surface area contributed by atoms with E-state index in [1.165, 1.54) is 12.1 Å². The van der Waals surface area contributed by atoms with Crippen molar-refractivity contribution >= 4 is 46.0 Å². The Morgan fingerprint density at radius 2 is 1.96 bits per heavy atom. The van der Waals surface area contributed by atoms with E-state index in [1.807, 2.05) is 12.1 Å². The molecule has 0 saturated heterocycles. The van der Waals surface area contributed by atoms with E-state index in [-0.39, 0.29) is 5.56 Å². The minimum Gasteiger partial charge on any atom is -0.478 e. The number of carboxylic acids is 1. The summed E-state index contributed by atoms with van der Waals surface area (Å²) in [5.74, 6) is -0.000324. The van der Waals surface area contributed by atoms with Crippen LogP contribution in [0.5, 0.6) is 0 Å². The van der Waals surface area contributed by atoms with Gasteiger partial charge >= 0.3 is 5.97 Å². The lowest BCUT2D eigenvalue weighted by atomic mass is 10.2. The molecule has 7 nitrogen and oxygen atoms in total. The van der Waals surface area contributed by atoms with Crippen molar-refractivity contribution in [1.82, 2.24) is 19.6 Å². The fourth-order valence-electron chi connectivity index (χ4n) is 2.34. The number of imidazole rings is 1. The number of aromatic nitrogens is 4. The number of nitrogens with one attached hydrogen (secondary N) is 2. The van der Waals surface area contributed by atoms with Crippen molar-refractivity contribution in [3.63, 3.8) is 0 Å². The number of aromatic carboxylic acids is 1. The van der Waals surface area contributed by atoms with Gasteiger partial charge in [0.2, 0.25) is 5.95 Å². The van der Waals surface area contributed by atoms with Gasteiger partial charge in [-0.25, -0.2) is 14.3 Å². The first-order valence-corrected chi connectivity index (χ1v) is 7.12. The number of carbonyl (C=O) groups is 1. The fourth-order valence-corrected chi connectivity index (χ4v) is 2.47. The number of rotatable bonds is 3. The summed E-state index contributed by atoms with van der Waals surface area (Å²) in [6.45, 7) is 0. The Kier molecular flexibility index (Phi) is 2.95. The van der Waals surface area contributed by atoms with Crippen molar-refractivity contribution in [1.29, 1.82) is 0 Å². The molecule has 8 heteroatoms. The Morgan fingerprint density at radius 3 is 2.70 bits per heavy atom. The van der Waals surface area contributed by atoms with Crippen LogP contribution in [0, 0.1) is 0 Å². The zero-order valence-corrected chi connectivity index (χ0v) is 12.4. The third kappa shape index (κ3) is 2.36. The van der Waals surface area contributed by atoms with E-state index < -0.39 is 5.97 Å². The fraction of sp³-hybridized carbons (Fsp3) is 0. The standard InChI is InChI=1S/C15H10ClN5O2/c16-9-2-4-10(5-3-9)17-14-19-15-18-11-7-8(13(22)23)1-6-12(11)21(15)20-14/h1-7H,(H,22,23)(H2,17,18,19,20). The molecule has 3 N–H and O–H groups in total. The molecule has 0 saturated carbocycles. The first kappa shape index (κ1) is 13.6. The number of benzene rings is 2. The van der Waals surface area contributed by atoms with Crippen molar-refractivity contribution in [3.05, 3.63) is 53.1 Å². The Bertz CT molecular complexity index is 1040. The minimum atomic E-state index is -0.985. The predicted octanol–water partition coefficient (Wildman–Crippen LogP) is 3.31. The molecule has 0 aliphatic rings. The van der Waals surface area contributed by atoms with Crippen molar-refractivity contribution in [2.75, 3.05) is 5.32 Å². The van der Waals surface area contributed by atoms with E-state index in [9.17, 15) is 4.79 Å². The molecule has 23 heavy (non-hydrogen) atoms. The van der Waals surface area contributed by atoms with Crippen LogP contribution in [0.1, 0.15) is 10.4 Å². The lowest BCUT2D eigenvalue weighted by Gasteiger charge is -2.01. The Labute approximate surface area is 134 Å². The molecular weight excluding hydrogens is 318 g/mol. The van der Waals surface area contributed by atoms with Crippen molar-refractivity contribution in [3.8, 4) is 0 Å². The van der Waals surface area contributed by atoms with Crippen LogP contribution in [-0.4, -0.2) is 30.7 Å². The number of carboxylic acid groups (broad SMARTS) is 1. The van der Waals surface area contributed by atoms with Crippen molar-refractivity contribution in [2.24, 2.45) is 0 Å². The highest BCUT2D eigenvalue weighted by atomic mass is 35.5. The summed E-state index contributed by atoms with van der Waals surface area (Å²) in [6.07, 6.45) is 0. The lowest BCUT2D eigenvalue weighted by molar-refractivity contribution is 0.0697. The molecule has 0 spiro atoms. The van der Waals surface area contributed by atoms with Gasteiger partial charge in [-0.3, -0.25) is 5.10 Å². The number of H-pyrrole nitrogens is 1. The van der Waals surface area contributed by atoms with Gasteiger partial charge in [0.05, 0.1) is 16.6 Å². The third-order valence-electron chi connectivity index (χ3n) is 3.42. The molecule has 0 unspecified atom stereocenters. The maximum atomic E-state index is 11.0. The molecule has 114 valence electrons. The minimum absolute atomic E-state index is 0.192. The molecular formula is C15H10ClN5O2. The van der Waals surface area contributed by atoms with E-state index in [4.69, 9.17) is 16.7 Å². The first-order chi connectivity index (χ1) is 11.1. The predicted molar refractivity (Wildman–Crippen MR) is 86.5 cm³/mol. The topological polar surface area (TPSA) is 95.3 Å². The van der Waals surface area contributed by atoms with Gasteiger partial charge in [0.1, 0.15) is 0 Å². The average Bonchev–Trinajstić information content (AvgIpc) is 3.05. The van der Waals surface area contributed by atoms with Gasteiger partial charge in [-0.2, -0.15) is 4.98 Å². The van der Waals surface area contributed by atoms with Crippen LogP contribution < -0.4 is 5.32 Å². The Morgan fingerprint density at radius 1 is 1.17 bits per heavy atom. The summed E-state index contributed by atoms with van der Waals surface area (Å²) in [5, 5.41) is 15.9. The number of nitrogens with zero attached hydrogens (tertiary/aromatic N) is 3. The van der Waals surface area contributed by atoms with Crippen molar-refractivity contribution < 1.29 is 9.90 Å². The maximum Gasteiger partial charge on any atom is 0.335 e. The van der Waals surface area contributed by atoms with Gasteiger partial charge in [0.15, 0.2) is 0 Å². The zero-order valence-electron chi connectivity index (χ0n) is 11.6. The summed E-state index contributed by atoms with van der Waals surface area (Å²) < 4.78 is 1.69. The average molecular weight is 328 g/mol. The quantitative estimate of drug-likeness (QED) is 0.536. The van der Waals surface area contributed by atoms with E-state index in [2.05, 4.69) is 20.4 Å². The van der Waals surface area contributed by atoms with Crippen LogP contribution in [0.15, 0.2) is 42.5 Å². The molecule has 0 aliphatic carbocycles. The summed E-state index contributed by atoms with van der Waals surface area (Å²) in [5.41, 5.74) is 2.35. The molecule has 2 aromatic carbocycles. The first-order valence-electron chi connectivity index (χ1n) is 6.74. The van der Waals surface area contributed by atoms with E-state index in [1.54, 1.807) is 22.7 Å². The van der Waals surface area contributed by atoms with Gasteiger partial charge in [0, 0.05) is 10.7 Å². The van der Waals surface area contributed by atoms with Crippen molar-refractivity contribution in [2.45, 2.75) is 0 Å². The second-order valence-electron chi connectivity index (χ2n) is 4.96. The van der Waals surface area contributed by atoms with Gasteiger partial charge in [-0.15, -0.1) is 0 Å². The Balaban J connectivity index is 1.73. The zero-order chi connectivity index (χ0) is 16.0. The normalized spacial score (nSPS) is 11.2. The second kappa shape index (κ2) is 4.99. The molecule has 0 amide bonds. The monoisotopic (exact) mass is 327 g/mol. The summed E-state index contributed by atoms with van der Waals surface area (Å²) in [6, 6.07) is 12.0. The van der Waals surface area contributed by atoms with Gasteiger partial charge in [-0.05, 0) is 42.5 Å². The highest BCUT2D eigenvalue weighted by Gasteiger charge is 2.12. The van der Waals surface area contributed by atoms with Gasteiger partial charge in [-0.1, -0.05) is 11.6 Å². The molecule has 2 heterocycles. The molecule has 4 aromatic rings. The number of hydrogen-bond donors (Lipinski definition) is 3. The van der Waals surface area contributed by atoms with Crippen LogP contribution >= 0.6 is 11.6 Å². The molecule has 0 atom stereocenters. The van der Waals surface area contributed by atoms with E-state index >= 15 is 0 Å². The van der Waals surface area contributed by atoms with Gasteiger partial charge < -0.3 is 10.4 Å². The van der Waals surface area contributed by atoms with Gasteiger partial charge in [0.25, 0.3) is 5.78 Å². The summed E-state index contributed by atoms with van der Waals surface area (Å²) >= 11 is 5.85.